The van der Waals surface area contributed by atoms with E-state index < -0.39 is 5.67 Å². The van der Waals surface area contributed by atoms with Crippen molar-refractivity contribution < 1.29 is 9.18 Å². The molecule has 0 N–H and O–H groups in total. The lowest BCUT2D eigenvalue weighted by molar-refractivity contribution is -0.147. The first-order valence-corrected chi connectivity index (χ1v) is 5.22. The minimum atomic E-state index is -1.10. The zero-order valence-corrected chi connectivity index (χ0v) is 9.56. The number of amides is 1. The van der Waals surface area contributed by atoms with E-state index in [-0.39, 0.29) is 11.3 Å². The minimum Gasteiger partial charge on any atom is -0.336 e. The van der Waals surface area contributed by atoms with Gasteiger partial charge in [-0.15, -0.1) is 0 Å². The summed E-state index contributed by atoms with van der Waals surface area (Å²) in [6, 6.07) is 0. The van der Waals surface area contributed by atoms with E-state index >= 15 is 0 Å². The predicted molar refractivity (Wildman–Crippen MR) is 54.8 cm³/mol. The van der Waals surface area contributed by atoms with Crippen molar-refractivity contribution in [2.75, 3.05) is 13.1 Å². The number of nitrogens with zero attached hydrogens (tertiary/aromatic N) is 1. The van der Waals surface area contributed by atoms with Crippen molar-refractivity contribution in [3.05, 3.63) is 0 Å². The summed E-state index contributed by atoms with van der Waals surface area (Å²) in [4.78, 5) is 13.2. The Morgan fingerprint density at radius 2 is 1.93 bits per heavy atom. The molecular weight excluding hydrogens is 181 g/mol. The van der Waals surface area contributed by atoms with E-state index in [0.29, 0.717) is 25.9 Å². The zero-order chi connectivity index (χ0) is 11.0. The molecule has 0 aliphatic carbocycles. The number of carbonyl (C=O) groups is 1. The molecule has 0 aromatic carbocycles. The molecule has 0 bridgehead atoms. The van der Waals surface area contributed by atoms with Gasteiger partial charge in [0.05, 0.1) is 13.1 Å². The molecular formula is C11H20FNO. The van der Waals surface area contributed by atoms with Gasteiger partial charge in [-0.25, -0.2) is 4.39 Å². The minimum absolute atomic E-state index is 0.00212. The molecule has 0 unspecified atom stereocenters. The molecule has 0 saturated carbocycles. The maximum atomic E-state index is 13.5. The average molecular weight is 201 g/mol. The van der Waals surface area contributed by atoms with Crippen LogP contribution in [-0.2, 0) is 4.79 Å². The molecule has 1 aliphatic heterocycles. The Morgan fingerprint density at radius 1 is 1.43 bits per heavy atom. The Kier molecular flexibility index (Phi) is 2.88. The lowest BCUT2D eigenvalue weighted by Gasteiger charge is -2.44. The maximum Gasteiger partial charge on any atom is 0.223 e. The SMILES string of the molecule is CCC1(F)CN(C(=O)CC(C)(C)C)C1. The van der Waals surface area contributed by atoms with Crippen LogP contribution in [0.4, 0.5) is 4.39 Å². The summed E-state index contributed by atoms with van der Waals surface area (Å²) in [6.07, 6.45) is 1.01. The van der Waals surface area contributed by atoms with Crippen molar-refractivity contribution in [2.24, 2.45) is 5.41 Å². The Balaban J connectivity index is 2.37. The molecule has 3 heteroatoms. The lowest BCUT2D eigenvalue weighted by Crippen LogP contribution is -2.60. The second-order valence-electron chi connectivity index (χ2n) is 5.49. The van der Waals surface area contributed by atoms with Gasteiger partial charge in [-0.2, -0.15) is 0 Å². The highest BCUT2D eigenvalue weighted by molar-refractivity contribution is 5.78. The fraction of sp³-hybridized carbons (Fsp3) is 0.909. The molecule has 0 atom stereocenters. The van der Waals surface area contributed by atoms with Crippen LogP contribution in [0.25, 0.3) is 0 Å². The van der Waals surface area contributed by atoms with Gasteiger partial charge < -0.3 is 4.90 Å². The highest BCUT2D eigenvalue weighted by Crippen LogP contribution is 2.31. The maximum absolute atomic E-state index is 13.5. The fourth-order valence-electron chi connectivity index (χ4n) is 1.60. The van der Waals surface area contributed by atoms with Gasteiger partial charge in [0.25, 0.3) is 0 Å². The Hall–Kier alpha value is -0.600. The number of alkyl halides is 1. The van der Waals surface area contributed by atoms with Crippen LogP contribution in [0.15, 0.2) is 0 Å². The number of likely N-dealkylation sites (tertiary alicyclic amines) is 1. The normalized spacial score (nSPS) is 20.5. The quantitative estimate of drug-likeness (QED) is 0.671. The first-order chi connectivity index (χ1) is 6.26. The van der Waals surface area contributed by atoms with E-state index in [2.05, 4.69) is 0 Å². The van der Waals surface area contributed by atoms with Crippen molar-refractivity contribution in [1.82, 2.24) is 4.90 Å². The van der Waals surface area contributed by atoms with Gasteiger partial charge in [-0.1, -0.05) is 27.7 Å². The van der Waals surface area contributed by atoms with Crippen molar-refractivity contribution in [2.45, 2.75) is 46.2 Å². The number of hydrogen-bond donors (Lipinski definition) is 0. The molecule has 82 valence electrons. The molecule has 0 aromatic rings. The summed E-state index contributed by atoms with van der Waals surface area (Å²) in [5.41, 5.74) is -1.11. The molecule has 1 aliphatic rings. The number of carbonyl (C=O) groups excluding carboxylic acids is 1. The summed E-state index contributed by atoms with van der Waals surface area (Å²) < 4.78 is 13.5. The first-order valence-electron chi connectivity index (χ1n) is 5.22. The van der Waals surface area contributed by atoms with E-state index in [4.69, 9.17) is 0 Å². The van der Waals surface area contributed by atoms with Crippen LogP contribution in [-0.4, -0.2) is 29.6 Å². The number of hydrogen-bond acceptors (Lipinski definition) is 1. The van der Waals surface area contributed by atoms with E-state index in [0.717, 1.165) is 0 Å². The van der Waals surface area contributed by atoms with Crippen LogP contribution in [0.2, 0.25) is 0 Å². The predicted octanol–water partition coefficient (Wildman–Crippen LogP) is 2.38. The topological polar surface area (TPSA) is 20.3 Å². The molecule has 2 nitrogen and oxygen atoms in total. The summed E-state index contributed by atoms with van der Waals surface area (Å²) in [5.74, 6) is 0.0826. The van der Waals surface area contributed by atoms with Crippen LogP contribution in [0.3, 0.4) is 0 Å². The van der Waals surface area contributed by atoms with Crippen molar-refractivity contribution >= 4 is 5.91 Å². The number of rotatable bonds is 2. The number of halogens is 1. The van der Waals surface area contributed by atoms with Crippen LogP contribution < -0.4 is 0 Å². The molecule has 0 spiro atoms. The summed E-state index contributed by atoms with van der Waals surface area (Å²) in [6.45, 7) is 8.47. The second kappa shape index (κ2) is 3.52. The molecule has 1 amide bonds. The summed E-state index contributed by atoms with van der Waals surface area (Å²) in [5, 5.41) is 0. The standard InChI is InChI=1S/C11H20FNO/c1-5-11(12)7-13(8-11)9(14)6-10(2,3)4/h5-8H2,1-4H3. The van der Waals surface area contributed by atoms with E-state index in [1.165, 1.54) is 0 Å². The molecule has 0 aromatic heterocycles. The highest BCUT2D eigenvalue weighted by atomic mass is 19.1. The molecule has 1 rings (SSSR count). The van der Waals surface area contributed by atoms with E-state index in [1.807, 2.05) is 27.7 Å². The van der Waals surface area contributed by atoms with E-state index in [9.17, 15) is 9.18 Å². The van der Waals surface area contributed by atoms with Crippen LogP contribution in [0.5, 0.6) is 0 Å². The molecule has 1 saturated heterocycles. The third-order valence-corrected chi connectivity index (χ3v) is 2.62. The van der Waals surface area contributed by atoms with Gasteiger partial charge in [-0.05, 0) is 11.8 Å². The lowest BCUT2D eigenvalue weighted by atomic mass is 9.88. The first kappa shape index (κ1) is 11.5. The monoisotopic (exact) mass is 201 g/mol. The Morgan fingerprint density at radius 3 is 2.29 bits per heavy atom. The van der Waals surface area contributed by atoms with Gasteiger partial charge in [0.1, 0.15) is 5.67 Å². The molecule has 0 radical (unpaired) electrons. The highest BCUT2D eigenvalue weighted by Gasteiger charge is 2.44. The second-order valence-corrected chi connectivity index (χ2v) is 5.49. The van der Waals surface area contributed by atoms with E-state index in [1.54, 1.807) is 4.90 Å². The van der Waals surface area contributed by atoms with Crippen LogP contribution in [0.1, 0.15) is 40.5 Å². The van der Waals surface area contributed by atoms with Crippen LogP contribution in [0, 0.1) is 5.41 Å². The van der Waals surface area contributed by atoms with Gasteiger partial charge in [-0.3, -0.25) is 4.79 Å². The zero-order valence-electron chi connectivity index (χ0n) is 9.56. The molecule has 1 fully saturated rings. The van der Waals surface area contributed by atoms with Gasteiger partial charge in [0.15, 0.2) is 0 Å². The van der Waals surface area contributed by atoms with Crippen molar-refractivity contribution in [1.29, 1.82) is 0 Å². The van der Waals surface area contributed by atoms with Gasteiger partial charge >= 0.3 is 0 Å². The van der Waals surface area contributed by atoms with Gasteiger partial charge in [0, 0.05) is 6.42 Å². The Labute approximate surface area is 85.5 Å². The Bertz CT molecular complexity index is 226. The average Bonchev–Trinajstić information content (AvgIpc) is 1.95. The van der Waals surface area contributed by atoms with Crippen molar-refractivity contribution in [3.8, 4) is 0 Å². The molecule has 14 heavy (non-hydrogen) atoms. The largest absolute Gasteiger partial charge is 0.336 e. The third kappa shape index (κ3) is 2.69. The molecule has 1 heterocycles. The van der Waals surface area contributed by atoms with Crippen LogP contribution >= 0.6 is 0 Å². The van der Waals surface area contributed by atoms with Crippen molar-refractivity contribution in [3.63, 3.8) is 0 Å². The fourth-order valence-corrected chi connectivity index (χ4v) is 1.60. The third-order valence-electron chi connectivity index (χ3n) is 2.62. The summed E-state index contributed by atoms with van der Waals surface area (Å²) >= 11 is 0. The van der Waals surface area contributed by atoms with Gasteiger partial charge in [0.2, 0.25) is 5.91 Å². The smallest absolute Gasteiger partial charge is 0.223 e. The summed E-state index contributed by atoms with van der Waals surface area (Å²) in [7, 11) is 0.